The zero-order chi connectivity index (χ0) is 11.0. The van der Waals surface area contributed by atoms with Gasteiger partial charge in [0.15, 0.2) is 0 Å². The monoisotopic (exact) mass is 219 g/mol. The molecule has 1 atom stereocenters. The van der Waals surface area contributed by atoms with Gasteiger partial charge in [0, 0.05) is 12.3 Å². The van der Waals surface area contributed by atoms with Gasteiger partial charge in [-0.2, -0.15) is 0 Å². The van der Waals surface area contributed by atoms with Crippen molar-refractivity contribution in [3.8, 4) is 0 Å². The second-order valence-electron chi connectivity index (χ2n) is 6.36. The fourth-order valence-electron chi connectivity index (χ4n) is 6.70. The lowest BCUT2D eigenvalue weighted by Crippen LogP contribution is -3.08. The van der Waals surface area contributed by atoms with Gasteiger partial charge in [0.25, 0.3) is 0 Å². The standard InChI is InChI=1S/C12H13NO3/c1-2(14)13-10(11(15)16)12-7-4-3-5(7)9(12)6(3)8(4)12/h3-10H,1H3,(H,13,14)(H,15,16)/t3?,4?,5?,6?,7?,8?,9?,10-,12?/m1/s1. The Morgan fingerprint density at radius 1 is 1.12 bits per heavy atom. The van der Waals surface area contributed by atoms with Crippen LogP contribution in [-0.4, -0.2) is 23.0 Å². The summed E-state index contributed by atoms with van der Waals surface area (Å²) in [6.07, 6.45) is 0. The van der Waals surface area contributed by atoms with Crippen LogP contribution < -0.4 is 5.32 Å². The Hall–Kier alpha value is -1.06. The average molecular weight is 219 g/mol. The number of nitrogens with one attached hydrogen (secondary N) is 1. The van der Waals surface area contributed by atoms with Crippen LogP contribution in [0.1, 0.15) is 6.92 Å². The van der Waals surface area contributed by atoms with Crippen LogP contribution in [-0.2, 0) is 9.59 Å². The Balaban J connectivity index is 1.52. The molecule has 0 bridgehead atoms. The fourth-order valence-corrected chi connectivity index (χ4v) is 6.70. The Morgan fingerprint density at radius 3 is 2.00 bits per heavy atom. The molecule has 0 aromatic rings. The third-order valence-electron chi connectivity index (χ3n) is 6.65. The van der Waals surface area contributed by atoms with Gasteiger partial charge in [-0.15, -0.1) is 0 Å². The van der Waals surface area contributed by atoms with E-state index in [1.54, 1.807) is 0 Å². The van der Waals surface area contributed by atoms with Gasteiger partial charge in [0.05, 0.1) is 0 Å². The van der Waals surface area contributed by atoms with E-state index >= 15 is 0 Å². The van der Waals surface area contributed by atoms with E-state index in [4.69, 9.17) is 0 Å². The normalized spacial score (nSPS) is 65.9. The van der Waals surface area contributed by atoms with E-state index in [9.17, 15) is 14.7 Å². The molecule has 0 spiro atoms. The number of carboxylic acids is 1. The summed E-state index contributed by atoms with van der Waals surface area (Å²) in [7, 11) is 0. The van der Waals surface area contributed by atoms with E-state index in [1.165, 1.54) is 6.92 Å². The fraction of sp³-hybridized carbons (Fsp3) is 0.833. The van der Waals surface area contributed by atoms with Crippen molar-refractivity contribution in [2.75, 3.05) is 0 Å². The van der Waals surface area contributed by atoms with Crippen LogP contribution in [0.2, 0.25) is 0 Å². The molecule has 2 N–H and O–H groups in total. The van der Waals surface area contributed by atoms with Gasteiger partial charge >= 0.3 is 5.97 Å². The Labute approximate surface area is 92.4 Å². The van der Waals surface area contributed by atoms with Gasteiger partial charge < -0.3 is 10.4 Å². The molecule has 0 aromatic carbocycles. The number of rotatable bonds is 3. The summed E-state index contributed by atoms with van der Waals surface area (Å²) in [5, 5.41) is 12.0. The maximum absolute atomic E-state index is 11.3. The zero-order valence-electron chi connectivity index (χ0n) is 8.88. The van der Waals surface area contributed by atoms with Crippen molar-refractivity contribution in [1.29, 1.82) is 0 Å². The van der Waals surface area contributed by atoms with Crippen LogP contribution >= 0.6 is 0 Å². The molecule has 6 aliphatic carbocycles. The van der Waals surface area contributed by atoms with Gasteiger partial charge in [0.2, 0.25) is 5.91 Å². The lowest BCUT2D eigenvalue weighted by atomic mass is 8.96. The number of hydrogen-bond donors (Lipinski definition) is 2. The molecule has 4 heteroatoms. The predicted molar refractivity (Wildman–Crippen MR) is 52.1 cm³/mol. The van der Waals surface area contributed by atoms with Crippen LogP contribution in [0, 0.1) is 46.8 Å². The van der Waals surface area contributed by atoms with Crippen molar-refractivity contribution < 1.29 is 14.7 Å². The molecule has 0 heterocycles. The Morgan fingerprint density at radius 2 is 1.62 bits per heavy atom. The van der Waals surface area contributed by atoms with E-state index in [0.29, 0.717) is 17.8 Å². The first-order valence-corrected chi connectivity index (χ1v) is 6.11. The number of aliphatic carboxylic acids is 1. The molecule has 84 valence electrons. The Kier molecular flexibility index (Phi) is 0.914. The summed E-state index contributed by atoms with van der Waals surface area (Å²) in [5.74, 6) is 4.49. The zero-order valence-corrected chi connectivity index (χ0v) is 8.88. The minimum absolute atomic E-state index is 0.00620. The number of amides is 1. The third-order valence-corrected chi connectivity index (χ3v) is 6.65. The maximum Gasteiger partial charge on any atom is 0.326 e. The molecule has 0 radical (unpaired) electrons. The van der Waals surface area contributed by atoms with Crippen molar-refractivity contribution in [2.24, 2.45) is 46.8 Å². The average Bonchev–Trinajstić information content (AvgIpc) is 2.25. The van der Waals surface area contributed by atoms with E-state index in [1.807, 2.05) is 0 Å². The number of carbonyl (C=O) groups is 2. The highest BCUT2D eigenvalue weighted by atomic mass is 16.4. The minimum Gasteiger partial charge on any atom is -0.480 e. The lowest BCUT2D eigenvalue weighted by molar-refractivity contribution is -0.617. The molecule has 0 aromatic heterocycles. The molecule has 16 heavy (non-hydrogen) atoms. The number of carbonyl (C=O) groups excluding carboxylic acids is 1. The predicted octanol–water partition coefficient (Wildman–Crippen LogP) is -0.0565. The first kappa shape index (κ1) is 8.09. The summed E-state index contributed by atoms with van der Waals surface area (Å²) < 4.78 is 0. The number of hydrogen-bond acceptors (Lipinski definition) is 2. The molecule has 1 amide bonds. The molecule has 4 nitrogen and oxygen atoms in total. The summed E-state index contributed by atoms with van der Waals surface area (Å²) >= 11 is 0. The smallest absolute Gasteiger partial charge is 0.326 e. The maximum atomic E-state index is 11.3. The minimum atomic E-state index is -0.828. The SMILES string of the molecule is CC(=O)N[C@H](C(=O)O)C12C3C4C5C3C1C5C42. The summed E-state index contributed by atoms with van der Waals surface area (Å²) in [6.45, 7) is 1.41. The molecule has 6 aliphatic rings. The highest BCUT2D eigenvalue weighted by Gasteiger charge is 3.05. The van der Waals surface area contributed by atoms with E-state index in [2.05, 4.69) is 5.32 Å². The van der Waals surface area contributed by atoms with Crippen LogP contribution in [0.25, 0.3) is 0 Å². The first-order valence-electron chi connectivity index (χ1n) is 6.11. The van der Waals surface area contributed by atoms with Crippen molar-refractivity contribution >= 4 is 11.9 Å². The van der Waals surface area contributed by atoms with Gasteiger partial charge in [-0.05, 0) is 41.4 Å². The van der Waals surface area contributed by atoms with Crippen LogP contribution in [0.4, 0.5) is 0 Å². The van der Waals surface area contributed by atoms with Gasteiger partial charge in [0.1, 0.15) is 6.04 Å². The van der Waals surface area contributed by atoms with Crippen LogP contribution in [0.3, 0.4) is 0 Å². The summed E-state index contributed by atoms with van der Waals surface area (Å²) in [5.41, 5.74) is 0.00620. The number of carboxylic acid groups (broad SMARTS) is 1. The molecule has 6 saturated carbocycles. The van der Waals surface area contributed by atoms with Crippen molar-refractivity contribution in [3.05, 3.63) is 0 Å². The molecule has 6 rings (SSSR count). The van der Waals surface area contributed by atoms with Gasteiger partial charge in [-0.3, -0.25) is 4.79 Å². The first-order chi connectivity index (χ1) is 7.61. The van der Waals surface area contributed by atoms with E-state index in [0.717, 1.165) is 23.7 Å². The van der Waals surface area contributed by atoms with E-state index in [-0.39, 0.29) is 11.3 Å². The largest absolute Gasteiger partial charge is 0.480 e. The van der Waals surface area contributed by atoms with Gasteiger partial charge in [-0.1, -0.05) is 0 Å². The van der Waals surface area contributed by atoms with Crippen molar-refractivity contribution in [1.82, 2.24) is 5.32 Å². The van der Waals surface area contributed by atoms with E-state index < -0.39 is 12.0 Å². The Bertz CT molecular complexity index is 420. The molecule has 6 fully saturated rings. The molecule has 0 saturated heterocycles. The molecule has 0 unspecified atom stereocenters. The highest BCUT2D eigenvalue weighted by Crippen LogP contribution is 3.06. The van der Waals surface area contributed by atoms with Gasteiger partial charge in [-0.25, -0.2) is 4.79 Å². The van der Waals surface area contributed by atoms with Crippen LogP contribution in [0.15, 0.2) is 0 Å². The molecule has 0 aliphatic heterocycles. The second-order valence-corrected chi connectivity index (χ2v) is 6.36. The molecular formula is C12H13NO3. The topological polar surface area (TPSA) is 66.4 Å². The van der Waals surface area contributed by atoms with Crippen molar-refractivity contribution in [3.63, 3.8) is 0 Å². The highest BCUT2D eigenvalue weighted by molar-refractivity contribution is 5.84. The quantitative estimate of drug-likeness (QED) is 0.699. The lowest BCUT2D eigenvalue weighted by Gasteiger charge is -3.08. The summed E-state index contributed by atoms with van der Waals surface area (Å²) in [6, 6.07) is -0.602. The van der Waals surface area contributed by atoms with Crippen molar-refractivity contribution in [2.45, 2.75) is 13.0 Å². The van der Waals surface area contributed by atoms with Crippen LogP contribution in [0.5, 0.6) is 0 Å². The molecular weight excluding hydrogens is 206 g/mol. The third kappa shape index (κ3) is 0.412. The second kappa shape index (κ2) is 1.81. The summed E-state index contributed by atoms with van der Waals surface area (Å²) in [4.78, 5) is 22.5.